The van der Waals surface area contributed by atoms with Crippen molar-refractivity contribution in [1.82, 2.24) is 4.90 Å². The molecule has 1 amide bonds. The molecular weight excluding hydrogens is 206 g/mol. The van der Waals surface area contributed by atoms with Gasteiger partial charge in [0.05, 0.1) is 11.7 Å². The molecule has 0 aromatic heterocycles. The molecule has 1 aliphatic rings. The number of amides is 1. The molecule has 1 heterocycles. The summed E-state index contributed by atoms with van der Waals surface area (Å²) in [7, 11) is 0. The molecule has 2 rings (SSSR count). The number of rotatable bonds is 1. The van der Waals surface area contributed by atoms with Crippen LogP contribution in [0.2, 0.25) is 0 Å². The van der Waals surface area contributed by atoms with Gasteiger partial charge in [-0.05, 0) is 25.0 Å². The summed E-state index contributed by atoms with van der Waals surface area (Å²) in [5.74, 6) is -0.218. The molecule has 86 valence electrons. The lowest BCUT2D eigenvalue weighted by molar-refractivity contribution is 0.0471. The summed E-state index contributed by atoms with van der Waals surface area (Å²) in [5, 5.41) is 19.1. The topological polar surface area (TPSA) is 60.8 Å². The first-order valence-electron chi connectivity index (χ1n) is 5.44. The van der Waals surface area contributed by atoms with E-state index in [4.69, 9.17) is 0 Å². The number of aliphatic hydroxyl groups excluding tert-OH is 1. The van der Waals surface area contributed by atoms with Gasteiger partial charge < -0.3 is 15.1 Å². The largest absolute Gasteiger partial charge is 0.507 e. The van der Waals surface area contributed by atoms with Crippen molar-refractivity contribution in [3.63, 3.8) is 0 Å². The Morgan fingerprint density at radius 2 is 2.12 bits per heavy atom. The van der Waals surface area contributed by atoms with Gasteiger partial charge in [-0.2, -0.15) is 0 Å². The van der Waals surface area contributed by atoms with Crippen LogP contribution >= 0.6 is 0 Å². The van der Waals surface area contributed by atoms with E-state index in [2.05, 4.69) is 0 Å². The van der Waals surface area contributed by atoms with Gasteiger partial charge >= 0.3 is 0 Å². The number of benzene rings is 1. The Hall–Kier alpha value is -1.55. The predicted octanol–water partition coefficient (Wildman–Crippen LogP) is 0.989. The standard InChI is InChI=1S/C12H15NO3/c14-9-4-3-7-13(8-9)12(16)10-5-1-2-6-11(10)15/h1-2,5-6,9,14-15H,3-4,7-8H2/t9-/m0/s1. The zero-order valence-corrected chi connectivity index (χ0v) is 8.97. The molecule has 0 spiro atoms. The summed E-state index contributed by atoms with van der Waals surface area (Å²) in [5.41, 5.74) is 0.302. The summed E-state index contributed by atoms with van der Waals surface area (Å²) in [6.07, 6.45) is 1.11. The van der Waals surface area contributed by atoms with Gasteiger partial charge in [-0.15, -0.1) is 0 Å². The van der Waals surface area contributed by atoms with Crippen molar-refractivity contribution in [3.05, 3.63) is 29.8 Å². The fourth-order valence-electron chi connectivity index (χ4n) is 1.96. The van der Waals surface area contributed by atoms with Crippen LogP contribution in [-0.2, 0) is 0 Å². The molecule has 16 heavy (non-hydrogen) atoms. The zero-order valence-electron chi connectivity index (χ0n) is 8.97. The molecule has 0 saturated carbocycles. The number of aromatic hydroxyl groups is 1. The summed E-state index contributed by atoms with van der Waals surface area (Å²) >= 11 is 0. The van der Waals surface area contributed by atoms with Crippen LogP contribution in [0.15, 0.2) is 24.3 Å². The maximum absolute atomic E-state index is 12.0. The maximum atomic E-state index is 12.0. The van der Waals surface area contributed by atoms with Crippen LogP contribution in [-0.4, -0.2) is 40.2 Å². The number of nitrogens with zero attached hydrogens (tertiary/aromatic N) is 1. The van der Waals surface area contributed by atoms with E-state index in [1.165, 1.54) is 6.07 Å². The van der Waals surface area contributed by atoms with Gasteiger partial charge in [-0.1, -0.05) is 12.1 Å². The lowest BCUT2D eigenvalue weighted by atomic mass is 10.1. The smallest absolute Gasteiger partial charge is 0.257 e. The highest BCUT2D eigenvalue weighted by atomic mass is 16.3. The van der Waals surface area contributed by atoms with Gasteiger partial charge in [0.1, 0.15) is 5.75 Å². The SMILES string of the molecule is O=C(c1ccccc1O)N1CCC[C@H](O)C1. The number of para-hydroxylation sites is 1. The third-order valence-corrected chi connectivity index (χ3v) is 2.82. The number of phenols is 1. The molecule has 1 aliphatic heterocycles. The minimum absolute atomic E-state index is 0.00689. The molecule has 0 unspecified atom stereocenters. The van der Waals surface area contributed by atoms with Crippen LogP contribution < -0.4 is 0 Å². The van der Waals surface area contributed by atoms with Crippen LogP contribution in [0, 0.1) is 0 Å². The van der Waals surface area contributed by atoms with Crippen molar-refractivity contribution in [2.45, 2.75) is 18.9 Å². The number of piperidine rings is 1. The van der Waals surface area contributed by atoms with Gasteiger partial charge in [0.25, 0.3) is 5.91 Å². The van der Waals surface area contributed by atoms with Crippen molar-refractivity contribution in [1.29, 1.82) is 0 Å². The molecule has 0 aliphatic carbocycles. The van der Waals surface area contributed by atoms with Crippen molar-refractivity contribution >= 4 is 5.91 Å². The van der Waals surface area contributed by atoms with Gasteiger partial charge in [0, 0.05) is 13.1 Å². The van der Waals surface area contributed by atoms with Crippen LogP contribution in [0.3, 0.4) is 0 Å². The molecule has 1 aromatic carbocycles. The average molecular weight is 221 g/mol. The first-order chi connectivity index (χ1) is 7.68. The number of carbonyl (C=O) groups is 1. The Kier molecular flexibility index (Phi) is 3.10. The average Bonchev–Trinajstić information content (AvgIpc) is 2.29. The number of likely N-dealkylation sites (tertiary alicyclic amines) is 1. The minimum atomic E-state index is -0.441. The second-order valence-electron chi connectivity index (χ2n) is 4.06. The van der Waals surface area contributed by atoms with Gasteiger partial charge in [-0.25, -0.2) is 0 Å². The highest BCUT2D eigenvalue weighted by Gasteiger charge is 2.24. The number of hydrogen-bond donors (Lipinski definition) is 2. The van der Waals surface area contributed by atoms with E-state index in [0.29, 0.717) is 18.7 Å². The zero-order chi connectivity index (χ0) is 11.5. The van der Waals surface area contributed by atoms with Crippen molar-refractivity contribution in [2.24, 2.45) is 0 Å². The number of hydrogen-bond acceptors (Lipinski definition) is 3. The quantitative estimate of drug-likeness (QED) is 0.743. The normalized spacial score (nSPS) is 20.8. The van der Waals surface area contributed by atoms with E-state index in [1.807, 2.05) is 0 Å². The van der Waals surface area contributed by atoms with E-state index in [9.17, 15) is 15.0 Å². The van der Waals surface area contributed by atoms with Crippen LogP contribution in [0.5, 0.6) is 5.75 Å². The fraction of sp³-hybridized carbons (Fsp3) is 0.417. The highest BCUT2D eigenvalue weighted by Crippen LogP contribution is 2.20. The molecule has 4 nitrogen and oxygen atoms in total. The lowest BCUT2D eigenvalue weighted by Crippen LogP contribution is -2.42. The Morgan fingerprint density at radius 1 is 1.38 bits per heavy atom. The molecule has 1 fully saturated rings. The summed E-state index contributed by atoms with van der Waals surface area (Å²) < 4.78 is 0. The molecule has 1 aromatic rings. The third kappa shape index (κ3) is 2.17. The van der Waals surface area contributed by atoms with Crippen LogP contribution in [0.25, 0.3) is 0 Å². The van der Waals surface area contributed by atoms with Gasteiger partial charge in [0.2, 0.25) is 0 Å². The molecule has 1 saturated heterocycles. The second-order valence-corrected chi connectivity index (χ2v) is 4.06. The summed E-state index contributed by atoms with van der Waals surface area (Å²) in [4.78, 5) is 13.6. The van der Waals surface area contributed by atoms with E-state index in [0.717, 1.165) is 12.8 Å². The van der Waals surface area contributed by atoms with Crippen molar-refractivity contribution in [2.75, 3.05) is 13.1 Å². The molecule has 1 atom stereocenters. The molecule has 4 heteroatoms. The second kappa shape index (κ2) is 4.53. The van der Waals surface area contributed by atoms with Crippen molar-refractivity contribution in [3.8, 4) is 5.75 Å². The van der Waals surface area contributed by atoms with E-state index < -0.39 is 6.10 Å². The monoisotopic (exact) mass is 221 g/mol. The van der Waals surface area contributed by atoms with E-state index in [1.54, 1.807) is 23.1 Å². The Bertz CT molecular complexity index is 392. The Balaban J connectivity index is 2.16. The maximum Gasteiger partial charge on any atom is 0.257 e. The summed E-state index contributed by atoms with van der Waals surface area (Å²) in [6, 6.07) is 6.48. The number of aliphatic hydroxyl groups is 1. The number of phenolic OH excluding ortho intramolecular Hbond substituents is 1. The molecule has 0 radical (unpaired) electrons. The van der Waals surface area contributed by atoms with Crippen molar-refractivity contribution < 1.29 is 15.0 Å². The highest BCUT2D eigenvalue weighted by molar-refractivity contribution is 5.96. The predicted molar refractivity (Wildman–Crippen MR) is 59.3 cm³/mol. The molecule has 0 bridgehead atoms. The van der Waals surface area contributed by atoms with E-state index in [-0.39, 0.29) is 11.7 Å². The molecule has 2 N–H and O–H groups in total. The van der Waals surface area contributed by atoms with Crippen LogP contribution in [0.1, 0.15) is 23.2 Å². The first kappa shape index (κ1) is 11.0. The summed E-state index contributed by atoms with van der Waals surface area (Å²) in [6.45, 7) is 0.997. The van der Waals surface area contributed by atoms with Gasteiger partial charge in [-0.3, -0.25) is 4.79 Å². The van der Waals surface area contributed by atoms with Crippen LogP contribution in [0.4, 0.5) is 0 Å². The fourth-order valence-corrected chi connectivity index (χ4v) is 1.96. The number of β-amino-alcohol motifs (C(OH)–C–C–N with tert-alkyl or cyclic N) is 1. The Labute approximate surface area is 94.1 Å². The Morgan fingerprint density at radius 3 is 2.81 bits per heavy atom. The third-order valence-electron chi connectivity index (χ3n) is 2.82. The number of carbonyl (C=O) groups excluding carboxylic acids is 1. The first-order valence-corrected chi connectivity index (χ1v) is 5.44. The van der Waals surface area contributed by atoms with E-state index >= 15 is 0 Å². The molecular formula is C12H15NO3. The minimum Gasteiger partial charge on any atom is -0.507 e. The lowest BCUT2D eigenvalue weighted by Gasteiger charge is -2.30. The van der Waals surface area contributed by atoms with Gasteiger partial charge in [0.15, 0.2) is 0 Å².